The van der Waals surface area contributed by atoms with Crippen molar-refractivity contribution < 1.29 is 9.59 Å². The van der Waals surface area contributed by atoms with Crippen molar-refractivity contribution >= 4 is 11.7 Å². The van der Waals surface area contributed by atoms with Gasteiger partial charge < -0.3 is 15.3 Å². The smallest absolute Gasteiger partial charge is 0.314 e. The lowest BCUT2D eigenvalue weighted by Gasteiger charge is -2.15. The van der Waals surface area contributed by atoms with Gasteiger partial charge >= 0.3 is 11.1 Å². The zero-order valence-corrected chi connectivity index (χ0v) is 9.62. The number of carbonyl (C=O) groups is 2. The molecule has 0 aliphatic heterocycles. The van der Waals surface area contributed by atoms with Gasteiger partial charge in [0.15, 0.2) is 0 Å². The molecule has 1 amide bonds. The first-order valence-corrected chi connectivity index (χ1v) is 5.43. The number of rotatable bonds is 2. The van der Waals surface area contributed by atoms with Crippen molar-refractivity contribution in [3.05, 3.63) is 43.9 Å². The van der Waals surface area contributed by atoms with Crippen LogP contribution in [0, 0.1) is 0 Å². The number of Topliss-reactive ketones (excluding diaryl/α,β-unsaturated/α-hetero) is 1. The lowest BCUT2D eigenvalue weighted by atomic mass is 10.0. The number of H-pyrrole nitrogens is 2. The van der Waals surface area contributed by atoms with Gasteiger partial charge in [-0.3, -0.25) is 19.2 Å². The number of carbonyl (C=O) groups excluding carboxylic acids is 2. The molecule has 3 N–H and O–H groups in total. The molecule has 0 saturated carbocycles. The first-order valence-electron chi connectivity index (χ1n) is 5.43. The standard InChI is InChI=1S/C11H11N3O4/c1-2-7(15)12-6-4-3-5-8(9(6)16)14-11(18)10(17)13-5/h4H,2-3H2,1H3,(H,12,15)(H,13,17)(H,14,18). The van der Waals surface area contributed by atoms with Gasteiger partial charge in [-0.1, -0.05) is 13.0 Å². The van der Waals surface area contributed by atoms with Gasteiger partial charge in [-0.2, -0.15) is 0 Å². The van der Waals surface area contributed by atoms with Crippen molar-refractivity contribution in [2.24, 2.45) is 0 Å². The lowest BCUT2D eigenvalue weighted by Crippen LogP contribution is -2.37. The van der Waals surface area contributed by atoms with Gasteiger partial charge in [0.25, 0.3) is 0 Å². The summed E-state index contributed by atoms with van der Waals surface area (Å²) < 4.78 is 0. The highest BCUT2D eigenvalue weighted by molar-refractivity contribution is 6.10. The maximum absolute atomic E-state index is 12.0. The van der Waals surface area contributed by atoms with Crippen molar-refractivity contribution in [1.29, 1.82) is 0 Å². The minimum atomic E-state index is -0.884. The van der Waals surface area contributed by atoms with Gasteiger partial charge in [0.2, 0.25) is 11.7 Å². The summed E-state index contributed by atoms with van der Waals surface area (Å²) in [6, 6.07) is 0. The Kier molecular flexibility index (Phi) is 2.97. The molecule has 18 heavy (non-hydrogen) atoms. The zero-order chi connectivity index (χ0) is 13.3. The predicted molar refractivity (Wildman–Crippen MR) is 62.2 cm³/mol. The molecule has 1 aliphatic rings. The summed E-state index contributed by atoms with van der Waals surface area (Å²) in [5.41, 5.74) is -1.19. The van der Waals surface area contributed by atoms with Gasteiger partial charge in [-0.05, 0) is 0 Å². The molecule has 1 aliphatic carbocycles. The Morgan fingerprint density at radius 1 is 1.28 bits per heavy atom. The predicted octanol–water partition coefficient (Wildman–Crippen LogP) is -0.788. The van der Waals surface area contributed by atoms with Crippen LogP contribution in [0.2, 0.25) is 0 Å². The minimum absolute atomic E-state index is 0.0218. The Bertz CT molecular complexity index is 666. The maximum Gasteiger partial charge on any atom is 0.314 e. The number of ketones is 1. The van der Waals surface area contributed by atoms with E-state index < -0.39 is 16.9 Å². The summed E-state index contributed by atoms with van der Waals surface area (Å²) in [7, 11) is 0. The summed E-state index contributed by atoms with van der Waals surface area (Å²) in [5, 5.41) is 2.45. The first-order chi connectivity index (χ1) is 8.52. The monoisotopic (exact) mass is 249 g/mol. The maximum atomic E-state index is 12.0. The zero-order valence-electron chi connectivity index (χ0n) is 9.62. The Morgan fingerprint density at radius 3 is 2.61 bits per heavy atom. The fraction of sp³-hybridized carbons (Fsp3) is 0.273. The molecule has 0 aromatic carbocycles. The van der Waals surface area contributed by atoms with E-state index in [0.717, 1.165) is 0 Å². The Balaban J connectivity index is 2.40. The lowest BCUT2D eigenvalue weighted by molar-refractivity contribution is -0.120. The van der Waals surface area contributed by atoms with E-state index in [4.69, 9.17) is 0 Å². The largest absolute Gasteiger partial charge is 0.323 e. The normalized spacial score (nSPS) is 13.8. The van der Waals surface area contributed by atoms with Crippen molar-refractivity contribution in [3.8, 4) is 0 Å². The Labute approximate surface area is 101 Å². The molecule has 7 heteroatoms. The molecule has 0 atom stereocenters. The molecule has 1 aromatic heterocycles. The van der Waals surface area contributed by atoms with Crippen LogP contribution in [0.5, 0.6) is 0 Å². The highest BCUT2D eigenvalue weighted by atomic mass is 16.2. The van der Waals surface area contributed by atoms with Crippen molar-refractivity contribution in [1.82, 2.24) is 15.3 Å². The average molecular weight is 249 g/mol. The second-order valence-electron chi connectivity index (χ2n) is 3.81. The molecule has 0 radical (unpaired) electrons. The van der Waals surface area contributed by atoms with E-state index in [1.807, 2.05) is 0 Å². The molecule has 0 bridgehead atoms. The number of hydrogen-bond donors (Lipinski definition) is 3. The molecule has 1 aromatic rings. The fourth-order valence-electron chi connectivity index (χ4n) is 1.63. The molecule has 1 heterocycles. The third-order valence-corrected chi connectivity index (χ3v) is 2.59. The molecule has 2 rings (SSSR count). The van der Waals surface area contributed by atoms with E-state index in [-0.39, 0.29) is 30.1 Å². The number of aromatic amines is 2. The van der Waals surface area contributed by atoms with Crippen LogP contribution < -0.4 is 16.4 Å². The van der Waals surface area contributed by atoms with E-state index in [1.165, 1.54) is 6.08 Å². The van der Waals surface area contributed by atoms with Crippen molar-refractivity contribution in [2.45, 2.75) is 19.8 Å². The molecule has 0 fully saturated rings. The molecule has 0 spiro atoms. The van der Waals surface area contributed by atoms with Crippen LogP contribution in [-0.4, -0.2) is 21.7 Å². The third-order valence-electron chi connectivity index (χ3n) is 2.59. The van der Waals surface area contributed by atoms with E-state index in [0.29, 0.717) is 5.69 Å². The van der Waals surface area contributed by atoms with Crippen molar-refractivity contribution in [3.63, 3.8) is 0 Å². The highest BCUT2D eigenvalue weighted by Gasteiger charge is 2.23. The summed E-state index contributed by atoms with van der Waals surface area (Å²) in [5.74, 6) is -0.795. The Morgan fingerprint density at radius 2 is 1.94 bits per heavy atom. The van der Waals surface area contributed by atoms with Gasteiger partial charge in [-0.25, -0.2) is 0 Å². The second kappa shape index (κ2) is 4.44. The van der Waals surface area contributed by atoms with Crippen LogP contribution in [0.3, 0.4) is 0 Å². The van der Waals surface area contributed by atoms with Crippen LogP contribution in [0.4, 0.5) is 0 Å². The van der Waals surface area contributed by atoms with E-state index in [9.17, 15) is 19.2 Å². The summed E-state index contributed by atoms with van der Waals surface area (Å²) in [6.07, 6.45) is 2.03. The van der Waals surface area contributed by atoms with Crippen LogP contribution in [0.25, 0.3) is 0 Å². The van der Waals surface area contributed by atoms with Crippen LogP contribution in [0.15, 0.2) is 21.4 Å². The highest BCUT2D eigenvalue weighted by Crippen LogP contribution is 2.13. The molecule has 0 saturated heterocycles. The SMILES string of the molecule is CCC(=O)NC1=CCc2[nH]c(=O)c(=O)[nH]c2C1=O. The summed E-state index contributed by atoms with van der Waals surface area (Å²) in [4.78, 5) is 50.0. The van der Waals surface area contributed by atoms with E-state index in [1.54, 1.807) is 6.92 Å². The second-order valence-corrected chi connectivity index (χ2v) is 3.81. The Hall–Kier alpha value is -2.44. The first kappa shape index (κ1) is 12.0. The topological polar surface area (TPSA) is 112 Å². The molecule has 94 valence electrons. The number of hydrogen-bond acceptors (Lipinski definition) is 4. The van der Waals surface area contributed by atoms with E-state index >= 15 is 0 Å². The molecule has 7 nitrogen and oxygen atoms in total. The minimum Gasteiger partial charge on any atom is -0.323 e. The number of amides is 1. The van der Waals surface area contributed by atoms with Gasteiger partial charge in [-0.15, -0.1) is 0 Å². The number of nitrogens with one attached hydrogen (secondary N) is 3. The van der Waals surface area contributed by atoms with Gasteiger partial charge in [0, 0.05) is 18.5 Å². The third kappa shape index (κ3) is 2.02. The summed E-state index contributed by atoms with van der Waals surface area (Å²) in [6.45, 7) is 1.66. The molecular formula is C11H11N3O4. The summed E-state index contributed by atoms with van der Waals surface area (Å²) >= 11 is 0. The van der Waals surface area contributed by atoms with Gasteiger partial charge in [0.05, 0.1) is 5.70 Å². The van der Waals surface area contributed by atoms with E-state index in [2.05, 4.69) is 15.3 Å². The van der Waals surface area contributed by atoms with Crippen LogP contribution in [0.1, 0.15) is 29.5 Å². The van der Waals surface area contributed by atoms with Crippen LogP contribution in [-0.2, 0) is 11.2 Å². The molecular weight excluding hydrogens is 238 g/mol. The average Bonchev–Trinajstić information content (AvgIpc) is 2.35. The number of fused-ring (bicyclic) bond motifs is 1. The van der Waals surface area contributed by atoms with Crippen molar-refractivity contribution in [2.75, 3.05) is 0 Å². The fourth-order valence-corrected chi connectivity index (χ4v) is 1.63. The quantitative estimate of drug-likeness (QED) is 0.596. The van der Waals surface area contributed by atoms with Gasteiger partial charge in [0.1, 0.15) is 5.69 Å². The number of aromatic nitrogens is 2. The van der Waals surface area contributed by atoms with Crippen LogP contribution >= 0.6 is 0 Å². The number of allylic oxidation sites excluding steroid dienone is 2. The molecule has 0 unspecified atom stereocenters.